The molecule has 96 valence electrons. The molecule has 5 nitrogen and oxygen atoms in total. The van der Waals surface area contributed by atoms with E-state index < -0.39 is 7.82 Å². The van der Waals surface area contributed by atoms with Crippen molar-refractivity contribution >= 4 is 19.4 Å². The van der Waals surface area contributed by atoms with Gasteiger partial charge in [-0.3, -0.25) is 9.05 Å². The van der Waals surface area contributed by atoms with Crippen LogP contribution in [0.15, 0.2) is 24.3 Å². The Bertz CT molecular complexity index is 381. The summed E-state index contributed by atoms with van der Waals surface area (Å²) < 4.78 is 31.7. The van der Waals surface area contributed by atoms with Crippen LogP contribution in [0.2, 0.25) is 0 Å². The van der Waals surface area contributed by atoms with E-state index in [4.69, 9.17) is 29.9 Å². The Kier molecular flexibility index (Phi) is 5.78. The van der Waals surface area contributed by atoms with Crippen molar-refractivity contribution < 1.29 is 22.9 Å². The van der Waals surface area contributed by atoms with E-state index in [0.717, 1.165) is 0 Å². The molecule has 0 aliphatic carbocycles. The molecule has 0 aliphatic rings. The summed E-state index contributed by atoms with van der Waals surface area (Å²) in [7, 11) is -0.784. The summed E-state index contributed by atoms with van der Waals surface area (Å²) >= 11 is 5.43. The van der Waals surface area contributed by atoms with Crippen molar-refractivity contribution in [3.05, 3.63) is 24.3 Å². The van der Waals surface area contributed by atoms with Crippen LogP contribution in [0, 0.1) is 0 Å². The molecule has 0 bridgehead atoms. The van der Waals surface area contributed by atoms with Gasteiger partial charge in [-0.2, -0.15) is 0 Å². The number of hydrogen-bond acceptors (Lipinski definition) is 5. The monoisotopic (exact) mass is 280 g/mol. The van der Waals surface area contributed by atoms with Gasteiger partial charge in [-0.15, -0.1) is 11.6 Å². The summed E-state index contributed by atoms with van der Waals surface area (Å²) in [5.41, 5.74) is 0. The molecule has 0 fully saturated rings. The van der Waals surface area contributed by atoms with E-state index >= 15 is 0 Å². The van der Waals surface area contributed by atoms with E-state index in [-0.39, 0.29) is 12.5 Å². The largest absolute Gasteiger partial charge is 0.529 e. The first-order valence-electron chi connectivity index (χ1n) is 4.83. The Morgan fingerprint density at radius 3 is 2.24 bits per heavy atom. The van der Waals surface area contributed by atoms with Crippen LogP contribution in [0.1, 0.15) is 0 Å². The lowest BCUT2D eigenvalue weighted by molar-refractivity contribution is 0.188. The summed E-state index contributed by atoms with van der Waals surface area (Å²) in [6.45, 7) is 0.0861. The molecule has 0 N–H and O–H groups in total. The van der Waals surface area contributed by atoms with Crippen LogP contribution < -0.4 is 9.26 Å². The maximum atomic E-state index is 11.9. The second kappa shape index (κ2) is 6.87. The van der Waals surface area contributed by atoms with Crippen molar-refractivity contribution in [2.24, 2.45) is 0 Å². The molecule has 1 unspecified atom stereocenters. The molecule has 1 aromatic rings. The first-order valence-corrected chi connectivity index (χ1v) is 6.83. The highest BCUT2D eigenvalue weighted by molar-refractivity contribution is 7.48. The molecular weight excluding hydrogens is 267 g/mol. The molecule has 0 heterocycles. The summed E-state index contributed by atoms with van der Waals surface area (Å²) in [5, 5.41) is 0. The molecule has 17 heavy (non-hydrogen) atoms. The predicted octanol–water partition coefficient (Wildman–Crippen LogP) is 3.08. The topological polar surface area (TPSA) is 54.0 Å². The van der Waals surface area contributed by atoms with Gasteiger partial charge in [0, 0.05) is 13.0 Å². The van der Waals surface area contributed by atoms with Gasteiger partial charge in [0.15, 0.2) is 0 Å². The Labute approximate surface area is 105 Å². The van der Waals surface area contributed by atoms with E-state index in [1.54, 1.807) is 31.4 Å². The average molecular weight is 281 g/mol. The van der Waals surface area contributed by atoms with Crippen molar-refractivity contribution in [3.8, 4) is 11.5 Å². The maximum Gasteiger partial charge on any atom is 0.529 e. The summed E-state index contributed by atoms with van der Waals surface area (Å²) in [6.07, 6.45) is 0. The fraction of sp³-hybridized carbons (Fsp3) is 0.400. The zero-order chi connectivity index (χ0) is 12.7. The fourth-order valence-corrected chi connectivity index (χ4v) is 2.14. The number of phosphoric acid groups is 1. The number of benzene rings is 1. The van der Waals surface area contributed by atoms with E-state index in [0.29, 0.717) is 11.5 Å². The standard InChI is InChI=1S/C10H14ClO5P/c1-13-9-3-5-10(6-4-9)16-17(12,14-2)15-8-7-11/h3-6H,7-8H2,1-2H3. The third kappa shape index (κ3) is 4.56. The third-order valence-electron chi connectivity index (χ3n) is 1.83. The van der Waals surface area contributed by atoms with Crippen LogP contribution in [0.25, 0.3) is 0 Å². The van der Waals surface area contributed by atoms with Gasteiger partial charge in [-0.05, 0) is 24.3 Å². The summed E-state index contributed by atoms with van der Waals surface area (Å²) in [4.78, 5) is 0. The molecule has 7 heteroatoms. The quantitative estimate of drug-likeness (QED) is 0.567. The zero-order valence-electron chi connectivity index (χ0n) is 9.59. The molecule has 1 rings (SSSR count). The van der Waals surface area contributed by atoms with Crippen LogP contribution in [0.4, 0.5) is 0 Å². The van der Waals surface area contributed by atoms with Crippen LogP contribution in [-0.4, -0.2) is 26.7 Å². The number of methoxy groups -OCH3 is 1. The van der Waals surface area contributed by atoms with Gasteiger partial charge in [0.05, 0.1) is 13.7 Å². The van der Waals surface area contributed by atoms with Crippen LogP contribution >= 0.6 is 19.4 Å². The van der Waals surface area contributed by atoms with Crippen molar-refractivity contribution in [1.29, 1.82) is 0 Å². The Morgan fingerprint density at radius 1 is 1.18 bits per heavy atom. The molecule has 0 amide bonds. The van der Waals surface area contributed by atoms with E-state index in [2.05, 4.69) is 0 Å². The van der Waals surface area contributed by atoms with Gasteiger partial charge >= 0.3 is 7.82 Å². The minimum absolute atomic E-state index is 0.0861. The zero-order valence-corrected chi connectivity index (χ0v) is 11.2. The smallest absolute Gasteiger partial charge is 0.497 e. The van der Waals surface area contributed by atoms with E-state index in [1.807, 2.05) is 0 Å². The molecular formula is C10H14ClO5P. The lowest BCUT2D eigenvalue weighted by atomic mass is 10.3. The number of halogens is 1. The molecule has 1 aromatic carbocycles. The first kappa shape index (κ1) is 14.3. The van der Waals surface area contributed by atoms with Crippen LogP contribution in [0.3, 0.4) is 0 Å². The van der Waals surface area contributed by atoms with Gasteiger partial charge in [-0.1, -0.05) is 0 Å². The van der Waals surface area contributed by atoms with Crippen LogP contribution in [-0.2, 0) is 13.6 Å². The maximum absolute atomic E-state index is 11.9. The minimum atomic E-state index is -3.59. The Balaban J connectivity index is 2.69. The average Bonchev–Trinajstić information content (AvgIpc) is 2.37. The Hall–Kier alpha value is -0.740. The van der Waals surface area contributed by atoms with Crippen molar-refractivity contribution in [1.82, 2.24) is 0 Å². The number of hydrogen-bond donors (Lipinski definition) is 0. The van der Waals surface area contributed by atoms with Crippen molar-refractivity contribution in [2.75, 3.05) is 26.7 Å². The highest BCUT2D eigenvalue weighted by Gasteiger charge is 2.26. The van der Waals surface area contributed by atoms with Gasteiger partial charge in [-0.25, -0.2) is 4.57 Å². The lowest BCUT2D eigenvalue weighted by Gasteiger charge is -2.16. The summed E-state index contributed by atoms with van der Waals surface area (Å²) in [6, 6.07) is 6.57. The molecule has 1 atom stereocenters. The molecule has 0 spiro atoms. The molecule has 0 saturated heterocycles. The van der Waals surface area contributed by atoms with Gasteiger partial charge in [0.1, 0.15) is 11.5 Å². The number of alkyl halides is 1. The van der Waals surface area contributed by atoms with Crippen molar-refractivity contribution in [2.45, 2.75) is 0 Å². The van der Waals surface area contributed by atoms with Gasteiger partial charge < -0.3 is 9.26 Å². The normalized spacial score (nSPS) is 14.1. The number of phosphoric ester groups is 1. The molecule has 0 aromatic heterocycles. The van der Waals surface area contributed by atoms with E-state index in [1.165, 1.54) is 7.11 Å². The lowest BCUT2D eigenvalue weighted by Crippen LogP contribution is -2.02. The van der Waals surface area contributed by atoms with Gasteiger partial charge in [0.25, 0.3) is 0 Å². The highest BCUT2D eigenvalue weighted by Crippen LogP contribution is 2.48. The minimum Gasteiger partial charge on any atom is -0.497 e. The highest BCUT2D eigenvalue weighted by atomic mass is 35.5. The fourth-order valence-electron chi connectivity index (χ4n) is 1.03. The van der Waals surface area contributed by atoms with Gasteiger partial charge in [0.2, 0.25) is 0 Å². The number of ether oxygens (including phenoxy) is 1. The van der Waals surface area contributed by atoms with Crippen LogP contribution in [0.5, 0.6) is 11.5 Å². The second-order valence-corrected chi connectivity index (χ2v) is 5.00. The summed E-state index contributed by atoms with van der Waals surface area (Å²) in [5.74, 6) is 1.25. The molecule has 0 radical (unpaired) electrons. The first-order chi connectivity index (χ1) is 8.13. The SMILES string of the molecule is COc1ccc(OP(=O)(OC)OCCCl)cc1. The van der Waals surface area contributed by atoms with E-state index in [9.17, 15) is 4.57 Å². The third-order valence-corrected chi connectivity index (χ3v) is 3.36. The second-order valence-electron chi connectivity index (χ2n) is 2.92. The predicted molar refractivity (Wildman–Crippen MR) is 64.9 cm³/mol. The molecule has 0 saturated carbocycles. The van der Waals surface area contributed by atoms with Crippen molar-refractivity contribution in [3.63, 3.8) is 0 Å². The molecule has 0 aliphatic heterocycles. The number of rotatable bonds is 7. The Morgan fingerprint density at radius 2 is 1.76 bits per heavy atom.